The maximum Gasteiger partial charge on any atom is 0.411 e. The number of benzene rings is 4. The second kappa shape index (κ2) is 11.3. The van der Waals surface area contributed by atoms with E-state index in [2.05, 4.69) is 5.32 Å². The molecule has 1 heterocycles. The van der Waals surface area contributed by atoms with Crippen LogP contribution in [0.25, 0.3) is 11.1 Å². The van der Waals surface area contributed by atoms with Crippen LogP contribution in [0.3, 0.4) is 0 Å². The lowest BCUT2D eigenvalue weighted by molar-refractivity contribution is -0.146. The molecule has 2 amide bonds. The highest BCUT2D eigenvalue weighted by Gasteiger charge is 2.42. The summed E-state index contributed by atoms with van der Waals surface area (Å²) in [5.41, 5.74) is 6.71. The van der Waals surface area contributed by atoms with Crippen LogP contribution in [0.4, 0.5) is 4.79 Å². The van der Waals surface area contributed by atoms with Gasteiger partial charge in [0.05, 0.1) is 13.7 Å². The highest BCUT2D eigenvalue weighted by atomic mass is 16.6. The molecule has 0 unspecified atom stereocenters. The van der Waals surface area contributed by atoms with Crippen molar-refractivity contribution in [2.24, 2.45) is 0 Å². The zero-order valence-corrected chi connectivity index (χ0v) is 22.7. The first-order valence-corrected chi connectivity index (χ1v) is 13.7. The number of esters is 1. The molecule has 7 heteroatoms. The first-order chi connectivity index (χ1) is 20.0. The molecule has 1 aliphatic carbocycles. The Morgan fingerprint density at radius 1 is 0.805 bits per heavy atom. The summed E-state index contributed by atoms with van der Waals surface area (Å²) in [7, 11) is 1.32. The van der Waals surface area contributed by atoms with Gasteiger partial charge in [0, 0.05) is 12.3 Å². The number of amides is 2. The van der Waals surface area contributed by atoms with E-state index >= 15 is 0 Å². The largest absolute Gasteiger partial charge is 0.467 e. The maximum atomic E-state index is 14.0. The number of methoxy groups -OCH3 is 1. The molecule has 1 N–H and O–H groups in total. The highest BCUT2D eigenvalue weighted by Crippen LogP contribution is 2.46. The Bertz CT molecular complexity index is 1560. The molecule has 2 aliphatic rings. The number of fused-ring (bicyclic) bond motifs is 4. The fourth-order valence-corrected chi connectivity index (χ4v) is 5.96. The third-order valence-electron chi connectivity index (χ3n) is 7.96. The van der Waals surface area contributed by atoms with E-state index in [0.717, 1.165) is 38.9 Å². The standard InChI is InChI=1S/C34H30N2O5/c1-40-33(38)31(30-27-17-9-7-15-25(27)26-16-8-10-18-28(26)30)35-32(37)29-19-23-13-5-6-14-24(23)20-36(29)34(39)41-21-22-11-3-2-4-12-22/h2-18,29-31H,19-21H2,1H3,(H,35,37)/t29-,31+/m0/s1. The lowest BCUT2D eigenvalue weighted by Gasteiger charge is -2.36. The van der Waals surface area contributed by atoms with Crippen LogP contribution in [0.15, 0.2) is 103 Å². The smallest absolute Gasteiger partial charge is 0.411 e. The van der Waals surface area contributed by atoms with Gasteiger partial charge >= 0.3 is 12.1 Å². The minimum Gasteiger partial charge on any atom is -0.467 e. The summed E-state index contributed by atoms with van der Waals surface area (Å²) in [6.45, 7) is 0.312. The predicted octanol–water partition coefficient (Wildman–Crippen LogP) is 5.22. The minimum atomic E-state index is -0.989. The van der Waals surface area contributed by atoms with E-state index in [1.165, 1.54) is 12.0 Å². The van der Waals surface area contributed by atoms with Crippen molar-refractivity contribution in [2.45, 2.75) is 37.6 Å². The number of ether oxygens (including phenoxy) is 2. The molecular formula is C34H30N2O5. The zero-order chi connectivity index (χ0) is 28.3. The zero-order valence-electron chi connectivity index (χ0n) is 22.7. The quantitative estimate of drug-likeness (QED) is 0.335. The molecule has 4 aromatic rings. The fourth-order valence-electron chi connectivity index (χ4n) is 5.96. The van der Waals surface area contributed by atoms with Gasteiger partial charge in [0.25, 0.3) is 0 Å². The topological polar surface area (TPSA) is 84.9 Å². The van der Waals surface area contributed by atoms with Crippen LogP contribution in [0.5, 0.6) is 0 Å². The van der Waals surface area contributed by atoms with Crippen molar-refractivity contribution in [3.05, 3.63) is 131 Å². The monoisotopic (exact) mass is 546 g/mol. The van der Waals surface area contributed by atoms with Gasteiger partial charge in [0.15, 0.2) is 0 Å². The molecule has 7 nitrogen and oxygen atoms in total. The van der Waals surface area contributed by atoms with Gasteiger partial charge in [-0.3, -0.25) is 9.69 Å². The van der Waals surface area contributed by atoms with E-state index in [1.54, 1.807) is 0 Å². The molecule has 0 radical (unpaired) electrons. The van der Waals surface area contributed by atoms with Crippen molar-refractivity contribution < 1.29 is 23.9 Å². The molecule has 0 saturated carbocycles. The molecule has 0 spiro atoms. The fraction of sp³-hybridized carbons (Fsp3) is 0.206. The van der Waals surface area contributed by atoms with Crippen molar-refractivity contribution in [1.29, 1.82) is 0 Å². The first kappa shape index (κ1) is 26.3. The van der Waals surface area contributed by atoms with Crippen molar-refractivity contribution in [3.63, 3.8) is 0 Å². The Morgan fingerprint density at radius 2 is 1.39 bits per heavy atom. The van der Waals surface area contributed by atoms with Crippen molar-refractivity contribution in [1.82, 2.24) is 10.2 Å². The SMILES string of the molecule is COC(=O)[C@H](NC(=O)[C@@H]1Cc2ccccc2CN1C(=O)OCc1ccccc1)C1c2ccccc2-c2ccccc21. The maximum absolute atomic E-state index is 14.0. The van der Waals surface area contributed by atoms with E-state index in [0.29, 0.717) is 6.42 Å². The molecular weight excluding hydrogens is 516 g/mol. The summed E-state index contributed by atoms with van der Waals surface area (Å²) in [5.74, 6) is -1.43. The van der Waals surface area contributed by atoms with Gasteiger partial charge in [-0.15, -0.1) is 0 Å². The number of nitrogens with zero attached hydrogens (tertiary/aromatic N) is 1. The van der Waals surface area contributed by atoms with E-state index in [9.17, 15) is 14.4 Å². The van der Waals surface area contributed by atoms with Crippen LogP contribution in [0.1, 0.15) is 33.7 Å². The second-order valence-corrected chi connectivity index (χ2v) is 10.3. The summed E-state index contributed by atoms with van der Waals surface area (Å²) in [4.78, 5) is 42.1. The van der Waals surface area contributed by atoms with E-state index < -0.39 is 36.0 Å². The average Bonchev–Trinajstić information content (AvgIpc) is 3.36. The summed E-state index contributed by atoms with van der Waals surface area (Å²) in [6.07, 6.45) is -0.288. The summed E-state index contributed by atoms with van der Waals surface area (Å²) in [5, 5.41) is 2.99. The average molecular weight is 547 g/mol. The number of hydrogen-bond donors (Lipinski definition) is 1. The van der Waals surface area contributed by atoms with Gasteiger partial charge in [-0.25, -0.2) is 9.59 Å². The first-order valence-electron chi connectivity index (χ1n) is 13.7. The van der Waals surface area contributed by atoms with Crippen LogP contribution < -0.4 is 5.32 Å². The number of rotatable bonds is 6. The third kappa shape index (κ3) is 5.07. The van der Waals surface area contributed by atoms with Crippen molar-refractivity contribution in [3.8, 4) is 11.1 Å². The molecule has 0 saturated heterocycles. The van der Waals surface area contributed by atoms with Crippen LogP contribution in [0, 0.1) is 0 Å². The molecule has 6 rings (SSSR count). The normalized spacial score (nSPS) is 16.1. The van der Waals surface area contributed by atoms with E-state index in [-0.39, 0.29) is 13.2 Å². The van der Waals surface area contributed by atoms with Crippen LogP contribution in [-0.2, 0) is 38.6 Å². The second-order valence-electron chi connectivity index (χ2n) is 10.3. The summed E-state index contributed by atoms with van der Waals surface area (Å²) in [6, 6.07) is 31.1. The van der Waals surface area contributed by atoms with Gasteiger partial charge in [-0.05, 0) is 38.9 Å². The number of nitrogens with one attached hydrogen (secondary N) is 1. The van der Waals surface area contributed by atoms with Crippen LogP contribution in [0.2, 0.25) is 0 Å². The number of carbonyl (C=O) groups is 3. The minimum absolute atomic E-state index is 0.0899. The van der Waals surface area contributed by atoms with Gasteiger partial charge in [0.2, 0.25) is 5.91 Å². The molecule has 2 atom stereocenters. The Labute approximate surface area is 238 Å². The van der Waals surface area contributed by atoms with Gasteiger partial charge in [-0.1, -0.05) is 103 Å². The molecule has 1 aliphatic heterocycles. The van der Waals surface area contributed by atoms with Crippen molar-refractivity contribution >= 4 is 18.0 Å². The Balaban J connectivity index is 1.30. The van der Waals surface area contributed by atoms with Crippen molar-refractivity contribution in [2.75, 3.05) is 7.11 Å². The van der Waals surface area contributed by atoms with E-state index in [4.69, 9.17) is 9.47 Å². The lowest BCUT2D eigenvalue weighted by atomic mass is 9.88. The van der Waals surface area contributed by atoms with Gasteiger partial charge in [-0.2, -0.15) is 0 Å². The van der Waals surface area contributed by atoms with Gasteiger partial charge in [0.1, 0.15) is 18.7 Å². The van der Waals surface area contributed by atoms with E-state index in [1.807, 2.05) is 103 Å². The molecule has 0 fully saturated rings. The highest BCUT2D eigenvalue weighted by molar-refractivity contribution is 5.92. The summed E-state index contributed by atoms with van der Waals surface area (Å²) < 4.78 is 10.8. The predicted molar refractivity (Wildman–Crippen MR) is 154 cm³/mol. The number of carbonyl (C=O) groups excluding carboxylic acids is 3. The Kier molecular flexibility index (Phi) is 7.25. The third-order valence-corrected chi connectivity index (χ3v) is 7.96. The molecule has 206 valence electrons. The number of hydrogen-bond acceptors (Lipinski definition) is 5. The molecule has 41 heavy (non-hydrogen) atoms. The molecule has 0 aromatic heterocycles. The Hall–Kier alpha value is -4.91. The Morgan fingerprint density at radius 3 is 2.05 bits per heavy atom. The molecule has 0 bridgehead atoms. The molecule has 4 aromatic carbocycles. The van der Waals surface area contributed by atoms with Crippen LogP contribution in [-0.4, -0.2) is 42.1 Å². The lowest BCUT2D eigenvalue weighted by Crippen LogP contribution is -2.56. The van der Waals surface area contributed by atoms with Gasteiger partial charge < -0.3 is 14.8 Å². The summed E-state index contributed by atoms with van der Waals surface area (Å²) >= 11 is 0. The van der Waals surface area contributed by atoms with Crippen LogP contribution >= 0.6 is 0 Å².